The number of anilines is 2. The van der Waals surface area contributed by atoms with Crippen LogP contribution in [0.15, 0.2) is 18.2 Å². The van der Waals surface area contributed by atoms with E-state index in [2.05, 4.69) is 10.0 Å². The number of nitrogens with one attached hydrogen (secondary N) is 2. The van der Waals surface area contributed by atoms with E-state index in [0.717, 1.165) is 6.26 Å². The molecule has 0 aromatic heterocycles. The molecule has 0 radical (unpaired) electrons. The molecule has 106 valence electrons. The lowest BCUT2D eigenvalue weighted by Gasteiger charge is -2.14. The summed E-state index contributed by atoms with van der Waals surface area (Å²) in [7, 11) is -1.96. The summed E-state index contributed by atoms with van der Waals surface area (Å²) in [6.45, 7) is 1.44. The van der Waals surface area contributed by atoms with Crippen molar-refractivity contribution in [2.75, 3.05) is 24.4 Å². The number of carbonyl (C=O) groups is 1. The first kappa shape index (κ1) is 15.3. The summed E-state index contributed by atoms with van der Waals surface area (Å²) < 4.78 is 29.2. The smallest absolute Gasteiger partial charge is 0.242 e. The first-order chi connectivity index (χ1) is 8.73. The van der Waals surface area contributed by atoms with Crippen LogP contribution in [0.3, 0.4) is 0 Å². The average molecular weight is 287 g/mol. The highest BCUT2D eigenvalue weighted by molar-refractivity contribution is 7.88. The van der Waals surface area contributed by atoms with Gasteiger partial charge >= 0.3 is 0 Å². The molecular formula is C11H17N3O4S. The van der Waals surface area contributed by atoms with E-state index in [1.807, 2.05) is 0 Å². The van der Waals surface area contributed by atoms with Gasteiger partial charge in [0, 0.05) is 6.07 Å². The molecule has 4 N–H and O–H groups in total. The first-order valence-electron chi connectivity index (χ1n) is 5.44. The lowest BCUT2D eigenvalue weighted by molar-refractivity contribution is -0.117. The van der Waals surface area contributed by atoms with E-state index in [0.29, 0.717) is 17.1 Å². The molecule has 8 heteroatoms. The predicted octanol–water partition coefficient (Wildman–Crippen LogP) is 0.154. The Morgan fingerprint density at radius 1 is 1.42 bits per heavy atom. The van der Waals surface area contributed by atoms with Crippen molar-refractivity contribution in [1.29, 1.82) is 0 Å². The minimum Gasteiger partial charge on any atom is -0.497 e. The Morgan fingerprint density at radius 2 is 2.05 bits per heavy atom. The first-order valence-corrected chi connectivity index (χ1v) is 7.34. The highest BCUT2D eigenvalue weighted by Crippen LogP contribution is 2.24. The van der Waals surface area contributed by atoms with Crippen LogP contribution in [0.25, 0.3) is 0 Å². The van der Waals surface area contributed by atoms with Crippen molar-refractivity contribution in [3.05, 3.63) is 18.2 Å². The van der Waals surface area contributed by atoms with Gasteiger partial charge in [-0.3, -0.25) is 4.79 Å². The SMILES string of the molecule is COc1ccc(N)c(NC(=O)C(C)NS(C)(=O)=O)c1. The van der Waals surface area contributed by atoms with Crippen LogP contribution in [0, 0.1) is 0 Å². The summed E-state index contributed by atoms with van der Waals surface area (Å²) in [6.07, 6.45) is 0.983. The Labute approximate surface area is 112 Å². The third-order valence-corrected chi connectivity index (χ3v) is 3.08. The highest BCUT2D eigenvalue weighted by atomic mass is 32.2. The molecule has 1 rings (SSSR count). The van der Waals surface area contributed by atoms with Crippen LogP contribution >= 0.6 is 0 Å². The summed E-state index contributed by atoms with van der Waals surface area (Å²) in [4.78, 5) is 11.8. The number of sulfonamides is 1. The van der Waals surface area contributed by atoms with E-state index >= 15 is 0 Å². The van der Waals surface area contributed by atoms with Gasteiger partial charge in [-0.15, -0.1) is 0 Å². The van der Waals surface area contributed by atoms with Crippen LogP contribution in [0.2, 0.25) is 0 Å². The maximum Gasteiger partial charge on any atom is 0.242 e. The number of hydrogen-bond donors (Lipinski definition) is 3. The van der Waals surface area contributed by atoms with Gasteiger partial charge in [0.1, 0.15) is 5.75 Å². The maximum atomic E-state index is 11.8. The maximum absolute atomic E-state index is 11.8. The van der Waals surface area contributed by atoms with Gasteiger partial charge in [0.15, 0.2) is 0 Å². The van der Waals surface area contributed by atoms with Crippen molar-refractivity contribution < 1.29 is 17.9 Å². The van der Waals surface area contributed by atoms with Gasteiger partial charge in [-0.05, 0) is 19.1 Å². The van der Waals surface area contributed by atoms with Gasteiger partial charge in [0.05, 0.1) is 30.8 Å². The fraction of sp³-hybridized carbons (Fsp3) is 0.364. The average Bonchev–Trinajstić information content (AvgIpc) is 2.29. The van der Waals surface area contributed by atoms with Crippen LogP contribution in [-0.2, 0) is 14.8 Å². The van der Waals surface area contributed by atoms with Crippen molar-refractivity contribution in [2.45, 2.75) is 13.0 Å². The third-order valence-electron chi connectivity index (χ3n) is 2.30. The second-order valence-electron chi connectivity index (χ2n) is 4.05. The third kappa shape index (κ3) is 4.76. The zero-order valence-electron chi connectivity index (χ0n) is 10.9. The van der Waals surface area contributed by atoms with E-state index in [9.17, 15) is 13.2 Å². The topological polar surface area (TPSA) is 111 Å². The summed E-state index contributed by atoms with van der Waals surface area (Å²) >= 11 is 0. The van der Waals surface area contributed by atoms with Gasteiger partial charge in [-0.1, -0.05) is 0 Å². The van der Waals surface area contributed by atoms with Crippen molar-refractivity contribution in [2.24, 2.45) is 0 Å². The molecule has 1 unspecified atom stereocenters. The fourth-order valence-corrected chi connectivity index (χ4v) is 2.14. The summed E-state index contributed by atoms with van der Waals surface area (Å²) in [5, 5.41) is 2.54. The predicted molar refractivity (Wildman–Crippen MR) is 73.5 cm³/mol. The highest BCUT2D eigenvalue weighted by Gasteiger charge is 2.17. The molecule has 0 fully saturated rings. The van der Waals surface area contributed by atoms with E-state index in [1.54, 1.807) is 18.2 Å². The molecule has 7 nitrogen and oxygen atoms in total. The number of methoxy groups -OCH3 is 1. The molecular weight excluding hydrogens is 270 g/mol. The van der Waals surface area contributed by atoms with Gasteiger partial charge in [-0.2, -0.15) is 0 Å². The number of ether oxygens (including phenoxy) is 1. The van der Waals surface area contributed by atoms with E-state index in [-0.39, 0.29) is 0 Å². The minimum atomic E-state index is -3.45. The monoisotopic (exact) mass is 287 g/mol. The lowest BCUT2D eigenvalue weighted by Crippen LogP contribution is -2.41. The Hall–Kier alpha value is -1.80. The van der Waals surface area contributed by atoms with Crippen molar-refractivity contribution >= 4 is 27.3 Å². The van der Waals surface area contributed by atoms with Crippen molar-refractivity contribution in [3.63, 3.8) is 0 Å². The zero-order chi connectivity index (χ0) is 14.6. The Balaban J connectivity index is 2.82. The molecule has 0 heterocycles. The van der Waals surface area contributed by atoms with Gasteiger partial charge in [-0.25, -0.2) is 13.1 Å². The molecule has 1 amide bonds. The molecule has 0 aliphatic rings. The molecule has 1 aromatic carbocycles. The number of carbonyl (C=O) groups excluding carboxylic acids is 1. The number of nitrogen functional groups attached to an aromatic ring is 1. The minimum absolute atomic E-state index is 0.362. The summed E-state index contributed by atoms with van der Waals surface area (Å²) in [5.74, 6) is 0.0265. The number of amides is 1. The van der Waals surface area contributed by atoms with E-state index < -0.39 is 22.0 Å². The zero-order valence-corrected chi connectivity index (χ0v) is 11.7. The number of nitrogens with two attached hydrogens (primary N) is 1. The molecule has 1 atom stereocenters. The number of benzene rings is 1. The molecule has 0 aliphatic heterocycles. The van der Waals surface area contributed by atoms with Crippen LogP contribution < -0.4 is 20.5 Å². The van der Waals surface area contributed by atoms with Crippen LogP contribution in [0.5, 0.6) is 5.75 Å². The van der Waals surface area contributed by atoms with Crippen molar-refractivity contribution in [3.8, 4) is 5.75 Å². The van der Waals surface area contributed by atoms with Gasteiger partial charge < -0.3 is 15.8 Å². The van der Waals surface area contributed by atoms with Crippen LogP contribution in [0.4, 0.5) is 11.4 Å². The van der Waals surface area contributed by atoms with Gasteiger partial charge in [0.25, 0.3) is 0 Å². The Morgan fingerprint density at radius 3 is 2.58 bits per heavy atom. The molecule has 19 heavy (non-hydrogen) atoms. The Bertz CT molecular complexity index is 571. The molecule has 0 aliphatic carbocycles. The molecule has 0 saturated heterocycles. The lowest BCUT2D eigenvalue weighted by atomic mass is 10.2. The van der Waals surface area contributed by atoms with Gasteiger partial charge in [0.2, 0.25) is 15.9 Å². The summed E-state index contributed by atoms with van der Waals surface area (Å²) in [5.41, 5.74) is 6.44. The number of hydrogen-bond acceptors (Lipinski definition) is 5. The molecule has 1 aromatic rings. The summed E-state index contributed by atoms with van der Waals surface area (Å²) in [6, 6.07) is 3.90. The molecule has 0 spiro atoms. The quantitative estimate of drug-likeness (QED) is 0.668. The molecule has 0 saturated carbocycles. The van der Waals surface area contributed by atoms with Crippen LogP contribution in [-0.4, -0.2) is 33.7 Å². The largest absolute Gasteiger partial charge is 0.497 e. The van der Waals surface area contributed by atoms with Crippen LogP contribution in [0.1, 0.15) is 6.92 Å². The second-order valence-corrected chi connectivity index (χ2v) is 5.83. The van der Waals surface area contributed by atoms with Crippen molar-refractivity contribution in [1.82, 2.24) is 4.72 Å². The number of rotatable bonds is 5. The van der Waals surface area contributed by atoms with E-state index in [4.69, 9.17) is 10.5 Å². The molecule has 0 bridgehead atoms. The normalized spacial score (nSPS) is 12.8. The fourth-order valence-electron chi connectivity index (χ4n) is 1.39. The Kier molecular flexibility index (Phi) is 4.73. The second kappa shape index (κ2) is 5.89. The standard InChI is InChI=1S/C11H17N3O4S/c1-7(14-19(3,16)17)11(15)13-10-6-8(18-2)4-5-9(10)12/h4-7,14H,12H2,1-3H3,(H,13,15). The van der Waals surface area contributed by atoms with E-state index in [1.165, 1.54) is 14.0 Å².